The third-order valence-corrected chi connectivity index (χ3v) is 3.03. The first-order valence-electron chi connectivity index (χ1n) is 5.77. The summed E-state index contributed by atoms with van der Waals surface area (Å²) in [5.74, 6) is 0.360. The van der Waals surface area contributed by atoms with Crippen LogP contribution in [0.1, 0.15) is 32.1 Å². The molecule has 0 saturated heterocycles. The van der Waals surface area contributed by atoms with Crippen LogP contribution in [0.5, 0.6) is 0 Å². The van der Waals surface area contributed by atoms with Gasteiger partial charge in [0.1, 0.15) is 5.78 Å². The number of nitrogens with zero attached hydrogens (tertiary/aromatic N) is 3. The third kappa shape index (κ3) is 4.00. The molecule has 0 spiro atoms. The molecule has 86 valence electrons. The molecule has 1 saturated carbocycles. The fraction of sp³-hybridized carbons (Fsp3) is 0.750. The van der Waals surface area contributed by atoms with Gasteiger partial charge in [0.05, 0.1) is 31.8 Å². The Bertz CT molecular complexity index is 291. The Hall–Kier alpha value is -1.39. The van der Waals surface area contributed by atoms with Gasteiger partial charge in [-0.05, 0) is 12.8 Å². The lowest BCUT2D eigenvalue weighted by Gasteiger charge is -2.23. The van der Waals surface area contributed by atoms with Crippen molar-refractivity contribution in [2.45, 2.75) is 32.1 Å². The number of hydrogen-bond acceptors (Lipinski definition) is 4. The van der Waals surface area contributed by atoms with Crippen molar-refractivity contribution < 1.29 is 4.79 Å². The molecule has 0 N–H and O–H groups in total. The summed E-state index contributed by atoms with van der Waals surface area (Å²) < 4.78 is 0. The molecule has 1 aliphatic carbocycles. The standard InChI is InChI=1S/C12H17N3O/c13-6-8-15(9-7-14)10-12(16)11-4-2-1-3-5-11/h11H,1-5,8-10H2. The first-order chi connectivity index (χ1) is 7.77. The van der Waals surface area contributed by atoms with Crippen LogP contribution in [0.2, 0.25) is 0 Å². The first-order valence-corrected chi connectivity index (χ1v) is 5.77. The van der Waals surface area contributed by atoms with Gasteiger partial charge in [-0.25, -0.2) is 0 Å². The van der Waals surface area contributed by atoms with E-state index >= 15 is 0 Å². The molecule has 0 aliphatic heterocycles. The van der Waals surface area contributed by atoms with Crippen molar-refractivity contribution in [3.05, 3.63) is 0 Å². The average molecular weight is 219 g/mol. The molecule has 16 heavy (non-hydrogen) atoms. The summed E-state index contributed by atoms with van der Waals surface area (Å²) in [4.78, 5) is 13.5. The molecule has 0 radical (unpaired) electrons. The highest BCUT2D eigenvalue weighted by molar-refractivity contribution is 5.83. The van der Waals surface area contributed by atoms with E-state index in [-0.39, 0.29) is 31.3 Å². The molecular formula is C12H17N3O. The van der Waals surface area contributed by atoms with Gasteiger partial charge >= 0.3 is 0 Å². The lowest BCUT2D eigenvalue weighted by atomic mass is 9.86. The van der Waals surface area contributed by atoms with Crippen molar-refractivity contribution >= 4 is 5.78 Å². The van der Waals surface area contributed by atoms with Crippen LogP contribution in [0, 0.1) is 28.6 Å². The van der Waals surface area contributed by atoms with E-state index in [1.165, 1.54) is 6.42 Å². The molecule has 1 aliphatic rings. The highest BCUT2D eigenvalue weighted by atomic mass is 16.1. The molecule has 1 rings (SSSR count). The number of carbonyl (C=O) groups is 1. The van der Waals surface area contributed by atoms with Crippen molar-refractivity contribution in [2.24, 2.45) is 5.92 Å². The van der Waals surface area contributed by atoms with E-state index in [0.717, 1.165) is 25.7 Å². The maximum Gasteiger partial charge on any atom is 0.149 e. The van der Waals surface area contributed by atoms with Gasteiger partial charge in [-0.2, -0.15) is 10.5 Å². The van der Waals surface area contributed by atoms with Gasteiger partial charge in [0.15, 0.2) is 0 Å². The molecule has 4 heteroatoms. The van der Waals surface area contributed by atoms with Gasteiger partial charge in [-0.1, -0.05) is 19.3 Å². The summed E-state index contributed by atoms with van der Waals surface area (Å²) in [6.07, 6.45) is 5.45. The zero-order valence-electron chi connectivity index (χ0n) is 9.48. The number of nitriles is 2. The van der Waals surface area contributed by atoms with E-state index in [2.05, 4.69) is 0 Å². The molecule has 0 aromatic heterocycles. The minimum absolute atomic E-state index is 0.159. The van der Waals surface area contributed by atoms with Gasteiger partial charge in [-0.3, -0.25) is 9.69 Å². The highest BCUT2D eigenvalue weighted by Gasteiger charge is 2.22. The summed E-state index contributed by atoms with van der Waals surface area (Å²) >= 11 is 0. The summed E-state index contributed by atoms with van der Waals surface area (Å²) in [6.45, 7) is 0.573. The fourth-order valence-electron chi connectivity index (χ4n) is 2.14. The lowest BCUT2D eigenvalue weighted by Crippen LogP contribution is -2.34. The Kier molecular flexibility index (Phi) is 5.53. The molecule has 1 fully saturated rings. The first kappa shape index (κ1) is 12.7. The minimum Gasteiger partial charge on any atom is -0.298 e. The second-order valence-electron chi connectivity index (χ2n) is 4.26. The van der Waals surface area contributed by atoms with E-state index in [1.807, 2.05) is 12.1 Å². The van der Waals surface area contributed by atoms with Crippen molar-refractivity contribution in [3.8, 4) is 12.1 Å². The maximum absolute atomic E-state index is 11.9. The fourth-order valence-corrected chi connectivity index (χ4v) is 2.14. The van der Waals surface area contributed by atoms with Crippen molar-refractivity contribution in [2.75, 3.05) is 19.6 Å². The number of Topliss-reactive ketones (excluding diaryl/α,β-unsaturated/α-hetero) is 1. The second kappa shape index (κ2) is 6.98. The van der Waals surface area contributed by atoms with Crippen LogP contribution >= 0.6 is 0 Å². The van der Waals surface area contributed by atoms with E-state index in [0.29, 0.717) is 0 Å². The number of ketones is 1. The Labute approximate surface area is 96.5 Å². The van der Waals surface area contributed by atoms with Crippen molar-refractivity contribution in [3.63, 3.8) is 0 Å². The molecule has 0 aromatic rings. The summed E-state index contributed by atoms with van der Waals surface area (Å²) in [7, 11) is 0. The summed E-state index contributed by atoms with van der Waals surface area (Å²) in [5, 5.41) is 17.1. The molecule has 0 unspecified atom stereocenters. The van der Waals surface area contributed by atoms with Gasteiger partial charge in [-0.15, -0.1) is 0 Å². The Morgan fingerprint density at radius 1 is 1.12 bits per heavy atom. The minimum atomic E-state index is 0.159. The molecule has 0 aromatic carbocycles. The van der Waals surface area contributed by atoms with Crippen LogP contribution < -0.4 is 0 Å². The zero-order valence-corrected chi connectivity index (χ0v) is 9.48. The smallest absolute Gasteiger partial charge is 0.149 e. The topological polar surface area (TPSA) is 67.9 Å². The summed E-state index contributed by atoms with van der Waals surface area (Å²) in [5.41, 5.74) is 0. The van der Waals surface area contributed by atoms with Gasteiger partial charge in [0, 0.05) is 5.92 Å². The normalized spacial score (nSPS) is 16.7. The Balaban J connectivity index is 2.41. The van der Waals surface area contributed by atoms with Gasteiger partial charge in [0.25, 0.3) is 0 Å². The van der Waals surface area contributed by atoms with Crippen LogP contribution in [0.3, 0.4) is 0 Å². The summed E-state index contributed by atoms with van der Waals surface area (Å²) in [6, 6.07) is 3.97. The molecule has 4 nitrogen and oxygen atoms in total. The molecule has 0 bridgehead atoms. The molecule has 0 heterocycles. The Morgan fingerprint density at radius 3 is 2.19 bits per heavy atom. The molecule has 0 amide bonds. The molecular weight excluding hydrogens is 202 g/mol. The SMILES string of the molecule is N#CCN(CC#N)CC(=O)C1CCCCC1. The second-order valence-corrected chi connectivity index (χ2v) is 4.26. The van der Waals surface area contributed by atoms with E-state index in [9.17, 15) is 4.79 Å². The lowest BCUT2D eigenvalue weighted by molar-refractivity contribution is -0.124. The number of carbonyl (C=O) groups excluding carboxylic acids is 1. The largest absolute Gasteiger partial charge is 0.298 e. The predicted molar refractivity (Wildman–Crippen MR) is 59.2 cm³/mol. The van der Waals surface area contributed by atoms with E-state index < -0.39 is 0 Å². The van der Waals surface area contributed by atoms with Crippen molar-refractivity contribution in [1.29, 1.82) is 10.5 Å². The predicted octanol–water partition coefficient (Wildman–Crippen LogP) is 1.48. The van der Waals surface area contributed by atoms with E-state index in [4.69, 9.17) is 10.5 Å². The zero-order chi connectivity index (χ0) is 11.8. The third-order valence-electron chi connectivity index (χ3n) is 3.03. The Morgan fingerprint density at radius 2 is 1.69 bits per heavy atom. The van der Waals surface area contributed by atoms with Crippen LogP contribution in [0.25, 0.3) is 0 Å². The molecule has 0 atom stereocenters. The van der Waals surface area contributed by atoms with Gasteiger partial charge < -0.3 is 0 Å². The van der Waals surface area contributed by atoms with Crippen LogP contribution in [-0.4, -0.2) is 30.3 Å². The van der Waals surface area contributed by atoms with E-state index in [1.54, 1.807) is 4.90 Å². The van der Waals surface area contributed by atoms with Crippen LogP contribution in [0.15, 0.2) is 0 Å². The highest BCUT2D eigenvalue weighted by Crippen LogP contribution is 2.24. The van der Waals surface area contributed by atoms with Crippen molar-refractivity contribution in [1.82, 2.24) is 4.90 Å². The van der Waals surface area contributed by atoms with Crippen LogP contribution in [0.4, 0.5) is 0 Å². The van der Waals surface area contributed by atoms with Gasteiger partial charge in [0.2, 0.25) is 0 Å². The number of hydrogen-bond donors (Lipinski definition) is 0. The monoisotopic (exact) mass is 219 g/mol. The number of rotatable bonds is 5. The van der Waals surface area contributed by atoms with Crippen LogP contribution in [-0.2, 0) is 4.79 Å². The quantitative estimate of drug-likeness (QED) is 0.657. The average Bonchev–Trinajstić information content (AvgIpc) is 2.31. The maximum atomic E-state index is 11.9.